The molecule has 2 nitrogen and oxygen atoms in total. The predicted molar refractivity (Wildman–Crippen MR) is 89.0 cm³/mol. The second kappa shape index (κ2) is 5.60. The minimum atomic E-state index is 0.154. The zero-order chi connectivity index (χ0) is 14.9. The maximum atomic E-state index is 12.4. The number of rotatable bonds is 2. The number of nitrogens with zero attached hydrogens (tertiary/aromatic N) is 1. The Hall–Kier alpha value is -2.09. The van der Waals surface area contributed by atoms with Crippen molar-refractivity contribution in [2.24, 2.45) is 5.92 Å². The molecule has 1 aliphatic heterocycles. The van der Waals surface area contributed by atoms with Gasteiger partial charge in [-0.2, -0.15) is 0 Å². The van der Waals surface area contributed by atoms with Crippen LogP contribution in [0.3, 0.4) is 0 Å². The molecule has 2 heteroatoms. The number of benzene rings is 2. The van der Waals surface area contributed by atoms with E-state index in [0.29, 0.717) is 5.78 Å². The smallest absolute Gasteiger partial charge is 0.138 e. The van der Waals surface area contributed by atoms with Gasteiger partial charge in [0.2, 0.25) is 0 Å². The minimum Gasteiger partial charge on any atom is -0.363 e. The third kappa shape index (κ3) is 2.23. The number of hydrogen-bond donors (Lipinski definition) is 0. The third-order valence-electron chi connectivity index (χ3n) is 5.15. The summed E-state index contributed by atoms with van der Waals surface area (Å²) in [5.74, 6) is 0.601. The van der Waals surface area contributed by atoms with E-state index >= 15 is 0 Å². The molecule has 2 unspecified atom stereocenters. The average molecular weight is 291 g/mol. The lowest BCUT2D eigenvalue weighted by atomic mass is 9.83. The van der Waals surface area contributed by atoms with Gasteiger partial charge in [-0.25, -0.2) is 0 Å². The van der Waals surface area contributed by atoms with Crippen LogP contribution in [0, 0.1) is 5.92 Å². The minimum absolute atomic E-state index is 0.154. The normalized spacial score (nSPS) is 24.4. The van der Waals surface area contributed by atoms with Gasteiger partial charge in [-0.3, -0.25) is 4.79 Å². The summed E-state index contributed by atoms with van der Waals surface area (Å²) < 4.78 is 0. The van der Waals surface area contributed by atoms with Crippen molar-refractivity contribution in [1.29, 1.82) is 0 Å². The molecular weight excluding hydrogens is 270 g/mol. The maximum Gasteiger partial charge on any atom is 0.138 e. The largest absolute Gasteiger partial charge is 0.363 e. The van der Waals surface area contributed by atoms with Crippen molar-refractivity contribution in [1.82, 2.24) is 0 Å². The first-order valence-electron chi connectivity index (χ1n) is 8.27. The topological polar surface area (TPSA) is 20.3 Å². The molecule has 2 aliphatic rings. The zero-order valence-corrected chi connectivity index (χ0v) is 12.7. The van der Waals surface area contributed by atoms with Gasteiger partial charge in [0.05, 0.1) is 6.04 Å². The molecule has 1 saturated carbocycles. The van der Waals surface area contributed by atoms with Crippen molar-refractivity contribution in [3.8, 4) is 0 Å². The van der Waals surface area contributed by atoms with Gasteiger partial charge in [-0.15, -0.1) is 0 Å². The van der Waals surface area contributed by atoms with Crippen molar-refractivity contribution in [3.05, 3.63) is 65.7 Å². The molecule has 112 valence electrons. The molecule has 1 heterocycles. The summed E-state index contributed by atoms with van der Waals surface area (Å²) >= 11 is 0. The molecule has 0 radical (unpaired) electrons. The Morgan fingerprint density at radius 2 is 1.68 bits per heavy atom. The fourth-order valence-corrected chi connectivity index (χ4v) is 4.12. The molecule has 1 aliphatic carbocycles. The Balaban J connectivity index is 1.80. The Labute approximate surface area is 131 Å². The highest BCUT2D eigenvalue weighted by Gasteiger charge is 2.39. The quantitative estimate of drug-likeness (QED) is 0.828. The third-order valence-corrected chi connectivity index (χ3v) is 5.15. The molecule has 0 amide bonds. The molecule has 2 aromatic carbocycles. The Kier molecular flexibility index (Phi) is 3.45. The van der Waals surface area contributed by atoms with E-state index < -0.39 is 0 Å². The van der Waals surface area contributed by atoms with Crippen molar-refractivity contribution >= 4 is 11.5 Å². The second-order valence-electron chi connectivity index (χ2n) is 6.39. The molecule has 1 fully saturated rings. The van der Waals surface area contributed by atoms with Gasteiger partial charge in [0.1, 0.15) is 5.78 Å². The first-order valence-corrected chi connectivity index (χ1v) is 8.27. The van der Waals surface area contributed by atoms with Crippen LogP contribution in [0.1, 0.15) is 36.4 Å². The highest BCUT2D eigenvalue weighted by Crippen LogP contribution is 2.43. The standard InChI is InChI=1S/C20H21NO/c22-19-12-6-11-18(19)20-17-10-5-4-7-15(17)13-14-21(20)16-8-2-1-3-9-16/h1-5,7-10,18,20H,6,11-14H2. The fourth-order valence-electron chi connectivity index (χ4n) is 4.12. The summed E-state index contributed by atoms with van der Waals surface area (Å²) in [5.41, 5.74) is 4.01. The molecular formula is C20H21NO. The highest BCUT2D eigenvalue weighted by molar-refractivity contribution is 5.84. The number of anilines is 1. The molecule has 22 heavy (non-hydrogen) atoms. The highest BCUT2D eigenvalue weighted by atomic mass is 16.1. The molecule has 2 atom stereocenters. The monoisotopic (exact) mass is 291 g/mol. The van der Waals surface area contributed by atoms with E-state index in [4.69, 9.17) is 0 Å². The number of carbonyl (C=O) groups is 1. The van der Waals surface area contributed by atoms with Gasteiger partial charge in [-0.1, -0.05) is 42.5 Å². The summed E-state index contributed by atoms with van der Waals surface area (Å²) in [7, 11) is 0. The fraction of sp³-hybridized carbons (Fsp3) is 0.350. The second-order valence-corrected chi connectivity index (χ2v) is 6.39. The molecule has 4 rings (SSSR count). The number of para-hydroxylation sites is 1. The van der Waals surface area contributed by atoms with Crippen LogP contribution in [0.15, 0.2) is 54.6 Å². The lowest BCUT2D eigenvalue weighted by Crippen LogP contribution is -2.40. The van der Waals surface area contributed by atoms with Crippen LogP contribution in [0.25, 0.3) is 0 Å². The van der Waals surface area contributed by atoms with E-state index in [1.54, 1.807) is 0 Å². The van der Waals surface area contributed by atoms with Crippen LogP contribution in [0.5, 0.6) is 0 Å². The first-order chi connectivity index (χ1) is 10.8. The Morgan fingerprint density at radius 1 is 0.909 bits per heavy atom. The summed E-state index contributed by atoms with van der Waals surface area (Å²) in [5, 5.41) is 0. The molecule has 0 aromatic heterocycles. The number of Topliss-reactive ketones (excluding diaryl/α,β-unsaturated/α-hetero) is 1. The van der Waals surface area contributed by atoms with Crippen molar-refractivity contribution in [2.75, 3.05) is 11.4 Å². The van der Waals surface area contributed by atoms with Gasteiger partial charge in [0.25, 0.3) is 0 Å². The van der Waals surface area contributed by atoms with Crippen molar-refractivity contribution in [2.45, 2.75) is 31.7 Å². The zero-order valence-electron chi connectivity index (χ0n) is 12.7. The number of carbonyl (C=O) groups excluding carboxylic acids is 1. The number of fused-ring (bicyclic) bond motifs is 1. The van der Waals surface area contributed by atoms with E-state index in [9.17, 15) is 4.79 Å². The van der Waals surface area contributed by atoms with Gasteiger partial charge >= 0.3 is 0 Å². The Morgan fingerprint density at radius 3 is 2.45 bits per heavy atom. The first kappa shape index (κ1) is 13.6. The van der Waals surface area contributed by atoms with Crippen LogP contribution in [0.2, 0.25) is 0 Å². The van der Waals surface area contributed by atoms with Crippen molar-refractivity contribution < 1.29 is 4.79 Å². The van der Waals surface area contributed by atoms with Crippen LogP contribution >= 0.6 is 0 Å². The van der Waals surface area contributed by atoms with Crippen LogP contribution in [-0.4, -0.2) is 12.3 Å². The molecule has 0 bridgehead atoms. The lowest BCUT2D eigenvalue weighted by Gasteiger charge is -2.41. The van der Waals surface area contributed by atoms with E-state index in [1.165, 1.54) is 16.8 Å². The van der Waals surface area contributed by atoms with E-state index in [-0.39, 0.29) is 12.0 Å². The molecule has 0 spiro atoms. The lowest BCUT2D eigenvalue weighted by molar-refractivity contribution is -0.121. The van der Waals surface area contributed by atoms with E-state index in [1.807, 2.05) is 0 Å². The van der Waals surface area contributed by atoms with Crippen molar-refractivity contribution in [3.63, 3.8) is 0 Å². The van der Waals surface area contributed by atoms with Gasteiger partial charge in [0, 0.05) is 24.6 Å². The summed E-state index contributed by atoms with van der Waals surface area (Å²) in [6.45, 7) is 0.996. The number of ketones is 1. The molecule has 0 N–H and O–H groups in total. The van der Waals surface area contributed by atoms with Gasteiger partial charge < -0.3 is 4.90 Å². The summed E-state index contributed by atoms with van der Waals surface area (Å²) in [6, 6.07) is 19.4. The summed E-state index contributed by atoms with van der Waals surface area (Å²) in [6.07, 6.45) is 3.89. The van der Waals surface area contributed by atoms with Gasteiger partial charge in [-0.05, 0) is 42.5 Å². The SMILES string of the molecule is O=C1CCCC1C1c2ccccc2CCN1c1ccccc1. The van der Waals surface area contributed by atoms with Gasteiger partial charge in [0.15, 0.2) is 0 Å². The number of hydrogen-bond acceptors (Lipinski definition) is 2. The molecule has 0 saturated heterocycles. The van der Waals surface area contributed by atoms with Crippen LogP contribution in [0.4, 0.5) is 5.69 Å². The average Bonchev–Trinajstić information content (AvgIpc) is 3.00. The molecule has 2 aromatic rings. The van der Waals surface area contributed by atoms with E-state index in [0.717, 1.165) is 32.2 Å². The Bertz CT molecular complexity index is 679. The summed E-state index contributed by atoms with van der Waals surface area (Å²) in [4.78, 5) is 14.9. The van der Waals surface area contributed by atoms with E-state index in [2.05, 4.69) is 59.5 Å². The van der Waals surface area contributed by atoms with Crippen LogP contribution in [-0.2, 0) is 11.2 Å². The predicted octanol–water partition coefficient (Wildman–Crippen LogP) is 4.16. The van der Waals surface area contributed by atoms with Crippen LogP contribution < -0.4 is 4.90 Å². The maximum absolute atomic E-state index is 12.4.